The number of benzene rings is 2. The number of nitrogens with zero attached hydrogens (tertiary/aromatic N) is 2. The largest absolute Gasteiger partial charge is 0.492 e. The van der Waals surface area contributed by atoms with Gasteiger partial charge in [-0.05, 0) is 73.6 Å². The van der Waals surface area contributed by atoms with Crippen LogP contribution in [0.25, 0.3) is 17.2 Å². The van der Waals surface area contributed by atoms with Gasteiger partial charge in [0.05, 0.1) is 28.5 Å². The van der Waals surface area contributed by atoms with Gasteiger partial charge in [0.2, 0.25) is 0 Å². The molecule has 0 spiro atoms. The second-order valence-corrected chi connectivity index (χ2v) is 10.6. The number of nitriles is 1. The molecular formula is C30H30BN3O4. The number of carbonyl (C=O) groups is 1. The summed E-state index contributed by atoms with van der Waals surface area (Å²) in [4.78, 5) is 17.2. The van der Waals surface area contributed by atoms with Gasteiger partial charge >= 0.3 is 13.2 Å². The van der Waals surface area contributed by atoms with E-state index in [0.717, 1.165) is 11.1 Å². The Balaban J connectivity index is 1.30. The minimum absolute atomic E-state index is 0.0239. The highest BCUT2D eigenvalue weighted by atomic mass is 16.7. The van der Waals surface area contributed by atoms with Crippen molar-refractivity contribution in [3.8, 4) is 17.2 Å². The number of nitrogens with one attached hydrogen (secondary N) is 1. The van der Waals surface area contributed by atoms with E-state index in [9.17, 15) is 10.1 Å². The summed E-state index contributed by atoms with van der Waals surface area (Å²) in [5.41, 5.74) is 5.29. The van der Waals surface area contributed by atoms with E-state index in [2.05, 4.69) is 40.6 Å². The lowest BCUT2D eigenvalue weighted by Crippen LogP contribution is -2.41. The predicted octanol–water partition coefficient (Wildman–Crippen LogP) is 5.51. The second-order valence-electron chi connectivity index (χ2n) is 10.6. The zero-order chi connectivity index (χ0) is 26.9. The molecule has 0 unspecified atom stereocenters. The van der Waals surface area contributed by atoms with Crippen molar-refractivity contribution in [1.29, 1.82) is 5.26 Å². The van der Waals surface area contributed by atoms with E-state index in [1.54, 1.807) is 24.4 Å². The van der Waals surface area contributed by atoms with Crippen LogP contribution in [0.3, 0.4) is 0 Å². The van der Waals surface area contributed by atoms with Gasteiger partial charge in [-0.1, -0.05) is 48.5 Å². The van der Waals surface area contributed by atoms with Gasteiger partial charge in [0.1, 0.15) is 6.61 Å². The minimum atomic E-state index is -0.693. The summed E-state index contributed by atoms with van der Waals surface area (Å²) in [6.07, 6.45) is 2.82. The van der Waals surface area contributed by atoms with Gasteiger partial charge in [-0.25, -0.2) is 4.79 Å². The first-order valence-electron chi connectivity index (χ1n) is 12.7. The minimum Gasteiger partial charge on any atom is -0.449 e. The Hall–Kier alpha value is -3.93. The van der Waals surface area contributed by atoms with E-state index in [1.807, 2.05) is 52.0 Å². The van der Waals surface area contributed by atoms with Crippen molar-refractivity contribution in [3.05, 3.63) is 94.7 Å². The average Bonchev–Trinajstić information content (AvgIpc) is 3.34. The maximum atomic E-state index is 12.8. The molecule has 2 aliphatic rings. The molecule has 0 radical (unpaired) electrons. The van der Waals surface area contributed by atoms with Crippen molar-refractivity contribution in [2.24, 2.45) is 0 Å². The average molecular weight is 507 g/mol. The molecule has 0 saturated carbocycles. The highest BCUT2D eigenvalue weighted by Crippen LogP contribution is 2.44. The highest BCUT2D eigenvalue weighted by molar-refractivity contribution is 6.56. The molecule has 1 fully saturated rings. The van der Waals surface area contributed by atoms with Crippen LogP contribution in [-0.2, 0) is 14.0 Å². The lowest BCUT2D eigenvalue weighted by atomic mass is 9.77. The van der Waals surface area contributed by atoms with Gasteiger partial charge in [-0.15, -0.1) is 0 Å². The first kappa shape index (κ1) is 25.7. The number of hydrogen-bond acceptors (Lipinski definition) is 6. The Morgan fingerprint density at radius 3 is 2.26 bits per heavy atom. The van der Waals surface area contributed by atoms with E-state index >= 15 is 0 Å². The lowest BCUT2D eigenvalue weighted by molar-refractivity contribution is 0.00578. The van der Waals surface area contributed by atoms with Gasteiger partial charge in [0, 0.05) is 18.7 Å². The first-order chi connectivity index (χ1) is 18.2. The highest BCUT2D eigenvalue weighted by Gasteiger charge is 2.52. The van der Waals surface area contributed by atoms with E-state index in [-0.39, 0.29) is 19.1 Å². The second kappa shape index (κ2) is 10.1. The van der Waals surface area contributed by atoms with Crippen molar-refractivity contribution in [2.75, 3.05) is 13.2 Å². The van der Waals surface area contributed by atoms with Crippen molar-refractivity contribution in [1.82, 2.24) is 10.3 Å². The van der Waals surface area contributed by atoms with Gasteiger partial charge in [0.15, 0.2) is 0 Å². The third-order valence-electron chi connectivity index (χ3n) is 7.58. The number of hydrogen-bond donors (Lipinski definition) is 1. The zero-order valence-electron chi connectivity index (χ0n) is 22.0. The van der Waals surface area contributed by atoms with Crippen LogP contribution in [-0.4, -0.2) is 42.5 Å². The number of ether oxygens (including phenoxy) is 1. The van der Waals surface area contributed by atoms with Crippen LogP contribution in [0.1, 0.15) is 56.0 Å². The molecule has 7 nitrogen and oxygen atoms in total. The molecule has 2 aromatic carbocycles. The van der Waals surface area contributed by atoms with Crippen LogP contribution in [0.4, 0.5) is 4.79 Å². The summed E-state index contributed by atoms with van der Waals surface area (Å²) in [6, 6.07) is 21.9. The summed E-state index contributed by atoms with van der Waals surface area (Å²) < 4.78 is 18.2. The maximum Gasteiger partial charge on any atom is 0.492 e. The molecule has 1 N–H and O–H groups in total. The summed E-state index contributed by atoms with van der Waals surface area (Å²) in [5, 5.41) is 12.1. The Morgan fingerprint density at radius 1 is 1.05 bits per heavy atom. The molecule has 38 heavy (non-hydrogen) atoms. The van der Waals surface area contributed by atoms with Crippen molar-refractivity contribution in [3.63, 3.8) is 0 Å². The van der Waals surface area contributed by atoms with Crippen molar-refractivity contribution < 1.29 is 18.8 Å². The molecule has 1 aromatic heterocycles. The molecule has 0 bridgehead atoms. The topological polar surface area (TPSA) is 93.5 Å². The summed E-state index contributed by atoms with van der Waals surface area (Å²) in [7, 11) is -0.693. The molecule has 3 aromatic rings. The molecule has 1 aliphatic heterocycles. The lowest BCUT2D eigenvalue weighted by Gasteiger charge is -2.32. The van der Waals surface area contributed by atoms with Crippen LogP contribution < -0.4 is 5.32 Å². The smallest absolute Gasteiger partial charge is 0.449 e. The normalized spacial score (nSPS) is 17.4. The van der Waals surface area contributed by atoms with Gasteiger partial charge in [0.25, 0.3) is 0 Å². The fraction of sp³-hybridized carbons (Fsp3) is 0.300. The number of carbonyl (C=O) groups excluding carboxylic acids is 1. The van der Waals surface area contributed by atoms with Crippen LogP contribution in [0.2, 0.25) is 0 Å². The molecule has 1 aliphatic carbocycles. The quantitative estimate of drug-likeness (QED) is 0.443. The third-order valence-corrected chi connectivity index (χ3v) is 7.58. The standard InChI is InChI=1S/C30H30BN3O4/c1-29(2)30(3,4)38-31(37-29)21(16-22-15-20(17-32)13-14-33-22)18-34-28(35)36-19-27-25-11-7-5-9-23(25)24-10-6-8-12-26(24)27/h5-16,27H,18-19H2,1-4H3,(H,34,35). The van der Waals surface area contributed by atoms with Crippen molar-refractivity contribution in [2.45, 2.75) is 44.8 Å². The fourth-order valence-electron chi connectivity index (χ4n) is 4.81. The van der Waals surface area contributed by atoms with Crippen molar-refractivity contribution >= 4 is 19.3 Å². The summed E-state index contributed by atoms with van der Waals surface area (Å²) >= 11 is 0. The predicted molar refractivity (Wildman–Crippen MR) is 146 cm³/mol. The molecule has 1 saturated heterocycles. The Labute approximate surface area is 223 Å². The maximum absolute atomic E-state index is 12.8. The van der Waals surface area contributed by atoms with Gasteiger partial charge < -0.3 is 19.4 Å². The molecule has 1 amide bonds. The Bertz CT molecular complexity index is 1380. The molecule has 192 valence electrons. The number of amides is 1. The van der Waals surface area contributed by atoms with E-state index in [1.165, 1.54) is 11.1 Å². The fourth-order valence-corrected chi connectivity index (χ4v) is 4.81. The van der Waals surface area contributed by atoms with Gasteiger partial charge in [-0.2, -0.15) is 5.26 Å². The molecule has 2 heterocycles. The number of pyridine rings is 1. The van der Waals surface area contributed by atoms with E-state index < -0.39 is 24.4 Å². The zero-order valence-corrected chi connectivity index (χ0v) is 22.0. The number of rotatable bonds is 6. The molecule has 8 heteroatoms. The first-order valence-corrected chi connectivity index (χ1v) is 12.7. The van der Waals surface area contributed by atoms with E-state index in [0.29, 0.717) is 16.7 Å². The monoisotopic (exact) mass is 507 g/mol. The van der Waals surface area contributed by atoms with Gasteiger partial charge in [-0.3, -0.25) is 4.98 Å². The Morgan fingerprint density at radius 2 is 1.66 bits per heavy atom. The van der Waals surface area contributed by atoms with E-state index in [4.69, 9.17) is 14.0 Å². The summed E-state index contributed by atoms with van der Waals surface area (Å²) in [6.45, 7) is 8.24. The van der Waals surface area contributed by atoms with Crippen LogP contribution >= 0.6 is 0 Å². The number of fused-ring (bicyclic) bond motifs is 3. The summed E-state index contributed by atoms with van der Waals surface area (Å²) in [5.74, 6) is -0.0239. The SMILES string of the molecule is CC1(C)OB(C(=Cc2cc(C#N)ccn2)CNC(=O)OCC2c3ccccc3-c3ccccc32)OC1(C)C. The molecule has 0 atom stereocenters. The van der Waals surface area contributed by atoms with Crippen LogP contribution in [0.5, 0.6) is 0 Å². The van der Waals surface area contributed by atoms with Crippen LogP contribution in [0.15, 0.2) is 72.3 Å². The third kappa shape index (κ3) is 4.95. The Kier molecular flexibility index (Phi) is 6.83. The number of aromatic nitrogens is 1. The molecular weight excluding hydrogens is 477 g/mol. The number of alkyl carbamates (subject to hydrolysis) is 1. The van der Waals surface area contributed by atoms with Crippen LogP contribution in [0, 0.1) is 11.3 Å². The molecule has 5 rings (SSSR count).